The van der Waals surface area contributed by atoms with E-state index in [0.717, 1.165) is 24.2 Å². The van der Waals surface area contributed by atoms with E-state index in [-0.39, 0.29) is 12.1 Å². The first-order chi connectivity index (χ1) is 15.9. The summed E-state index contributed by atoms with van der Waals surface area (Å²) in [6.07, 6.45) is 8.82. The second kappa shape index (κ2) is 9.25. The number of hydrogen-bond donors (Lipinski definition) is 1. The highest BCUT2D eigenvalue weighted by atomic mass is 19.2. The molecule has 5 nitrogen and oxygen atoms in total. The molecule has 0 saturated carbocycles. The summed E-state index contributed by atoms with van der Waals surface area (Å²) in [5, 5.41) is 17.1. The van der Waals surface area contributed by atoms with Crippen LogP contribution in [0.4, 0.5) is 30.4 Å². The van der Waals surface area contributed by atoms with Crippen molar-refractivity contribution in [3.05, 3.63) is 95.2 Å². The molecule has 0 spiro atoms. The SMILES string of the molecule is CCC1C=CN(c2ccc(Nc3ccn(Cc4cc(F)c(F)c(F)c4)n3)cc2C#N)C=C1C. The first-order valence-corrected chi connectivity index (χ1v) is 10.5. The number of rotatable bonds is 6. The van der Waals surface area contributed by atoms with E-state index >= 15 is 0 Å². The summed E-state index contributed by atoms with van der Waals surface area (Å²) < 4.78 is 41.5. The third kappa shape index (κ3) is 4.77. The van der Waals surface area contributed by atoms with Gasteiger partial charge >= 0.3 is 0 Å². The molecule has 0 aliphatic carbocycles. The second-order valence-electron chi connectivity index (χ2n) is 7.88. The Morgan fingerprint density at radius 1 is 1.12 bits per heavy atom. The molecular formula is C25H22F3N5. The lowest BCUT2D eigenvalue weighted by Gasteiger charge is -2.25. The summed E-state index contributed by atoms with van der Waals surface area (Å²) in [6, 6.07) is 11.3. The number of hydrogen-bond acceptors (Lipinski definition) is 4. The van der Waals surface area contributed by atoms with Gasteiger partial charge in [0.15, 0.2) is 23.3 Å². The maximum Gasteiger partial charge on any atom is 0.194 e. The minimum atomic E-state index is -1.49. The number of nitrogens with one attached hydrogen (secondary N) is 1. The topological polar surface area (TPSA) is 56.9 Å². The van der Waals surface area contributed by atoms with Gasteiger partial charge in [0, 0.05) is 36.3 Å². The monoisotopic (exact) mass is 449 g/mol. The number of nitriles is 1. The van der Waals surface area contributed by atoms with Crippen molar-refractivity contribution in [3.8, 4) is 6.07 Å². The van der Waals surface area contributed by atoms with Crippen molar-refractivity contribution in [1.29, 1.82) is 5.26 Å². The minimum absolute atomic E-state index is 0.0733. The molecule has 1 aromatic heterocycles. The van der Waals surface area contributed by atoms with Crippen LogP contribution in [0.5, 0.6) is 0 Å². The quantitative estimate of drug-likeness (QED) is 0.454. The Kier molecular flexibility index (Phi) is 6.22. The zero-order valence-electron chi connectivity index (χ0n) is 18.2. The predicted octanol–water partition coefficient (Wildman–Crippen LogP) is 6.23. The number of nitrogens with zero attached hydrogens (tertiary/aromatic N) is 4. The lowest BCUT2D eigenvalue weighted by molar-refractivity contribution is 0.444. The highest BCUT2D eigenvalue weighted by Gasteiger charge is 2.16. The van der Waals surface area contributed by atoms with Gasteiger partial charge in [0.25, 0.3) is 0 Å². The fourth-order valence-corrected chi connectivity index (χ4v) is 3.79. The zero-order chi connectivity index (χ0) is 23.5. The lowest BCUT2D eigenvalue weighted by atomic mass is 9.96. The van der Waals surface area contributed by atoms with Crippen LogP contribution < -0.4 is 10.2 Å². The van der Waals surface area contributed by atoms with Crippen LogP contribution in [0.25, 0.3) is 0 Å². The van der Waals surface area contributed by atoms with E-state index in [1.54, 1.807) is 18.3 Å². The molecule has 1 atom stereocenters. The van der Waals surface area contributed by atoms with Crippen molar-refractivity contribution in [3.63, 3.8) is 0 Å². The number of allylic oxidation sites excluding steroid dienone is 2. The fourth-order valence-electron chi connectivity index (χ4n) is 3.79. The third-order valence-electron chi connectivity index (χ3n) is 5.54. The summed E-state index contributed by atoms with van der Waals surface area (Å²) in [7, 11) is 0. The molecule has 1 unspecified atom stereocenters. The molecule has 0 saturated heterocycles. The van der Waals surface area contributed by atoms with Gasteiger partial charge in [-0.25, -0.2) is 13.2 Å². The fraction of sp³-hybridized carbons (Fsp3) is 0.200. The van der Waals surface area contributed by atoms with Gasteiger partial charge in [-0.2, -0.15) is 10.4 Å². The normalized spacial score (nSPS) is 15.3. The van der Waals surface area contributed by atoms with Crippen LogP contribution in [0.3, 0.4) is 0 Å². The molecule has 0 bridgehead atoms. The van der Waals surface area contributed by atoms with Crippen molar-refractivity contribution < 1.29 is 13.2 Å². The van der Waals surface area contributed by atoms with Crippen LogP contribution in [0.15, 0.2) is 66.6 Å². The molecule has 33 heavy (non-hydrogen) atoms. The molecule has 4 rings (SSSR count). The molecule has 1 N–H and O–H groups in total. The first kappa shape index (κ1) is 22.2. The van der Waals surface area contributed by atoms with E-state index in [1.807, 2.05) is 29.4 Å². The Morgan fingerprint density at radius 3 is 2.55 bits per heavy atom. The number of benzene rings is 2. The molecule has 3 aromatic rings. The third-order valence-corrected chi connectivity index (χ3v) is 5.54. The van der Waals surface area contributed by atoms with Gasteiger partial charge in [-0.15, -0.1) is 0 Å². The highest BCUT2D eigenvalue weighted by Crippen LogP contribution is 2.30. The van der Waals surface area contributed by atoms with E-state index < -0.39 is 17.5 Å². The molecule has 0 fully saturated rings. The smallest absolute Gasteiger partial charge is 0.194 e. The molecule has 2 heterocycles. The van der Waals surface area contributed by atoms with Crippen molar-refractivity contribution >= 4 is 17.2 Å². The Morgan fingerprint density at radius 2 is 1.88 bits per heavy atom. The average molecular weight is 449 g/mol. The Labute approximate surface area is 190 Å². The molecule has 2 aromatic carbocycles. The largest absolute Gasteiger partial charge is 0.339 e. The predicted molar refractivity (Wildman–Crippen MR) is 121 cm³/mol. The number of halogens is 3. The molecule has 168 valence electrons. The number of anilines is 3. The molecule has 0 amide bonds. The highest BCUT2D eigenvalue weighted by molar-refractivity contribution is 5.70. The summed E-state index contributed by atoms with van der Waals surface area (Å²) in [5.41, 5.74) is 3.44. The van der Waals surface area contributed by atoms with Crippen LogP contribution in [-0.4, -0.2) is 9.78 Å². The molecule has 1 aliphatic rings. The summed E-state index contributed by atoms with van der Waals surface area (Å²) in [6.45, 7) is 4.29. The van der Waals surface area contributed by atoms with Gasteiger partial charge in [0.05, 0.1) is 17.8 Å². The molecular weight excluding hydrogens is 427 g/mol. The summed E-state index contributed by atoms with van der Waals surface area (Å²) >= 11 is 0. The van der Waals surface area contributed by atoms with Crippen LogP contribution in [0.2, 0.25) is 0 Å². The summed E-state index contributed by atoms with van der Waals surface area (Å²) in [4.78, 5) is 1.94. The van der Waals surface area contributed by atoms with E-state index in [4.69, 9.17) is 0 Å². The maximum absolute atomic E-state index is 13.4. The van der Waals surface area contributed by atoms with E-state index in [2.05, 4.69) is 36.4 Å². The second-order valence-corrected chi connectivity index (χ2v) is 7.88. The zero-order valence-corrected chi connectivity index (χ0v) is 18.2. The van der Waals surface area contributed by atoms with Gasteiger partial charge in [0.1, 0.15) is 6.07 Å². The molecule has 0 radical (unpaired) electrons. The Balaban J connectivity index is 1.49. The van der Waals surface area contributed by atoms with Crippen molar-refractivity contribution in [2.45, 2.75) is 26.8 Å². The van der Waals surface area contributed by atoms with Crippen LogP contribution in [0, 0.1) is 34.7 Å². The van der Waals surface area contributed by atoms with Crippen molar-refractivity contribution in [2.75, 3.05) is 10.2 Å². The van der Waals surface area contributed by atoms with Gasteiger partial charge < -0.3 is 10.2 Å². The van der Waals surface area contributed by atoms with Gasteiger partial charge in [0.2, 0.25) is 0 Å². The van der Waals surface area contributed by atoms with Crippen LogP contribution in [0.1, 0.15) is 31.4 Å². The minimum Gasteiger partial charge on any atom is -0.339 e. The van der Waals surface area contributed by atoms with E-state index in [9.17, 15) is 18.4 Å². The Bertz CT molecular complexity index is 1260. The van der Waals surface area contributed by atoms with Crippen molar-refractivity contribution in [2.24, 2.45) is 5.92 Å². The summed E-state index contributed by atoms with van der Waals surface area (Å²) in [5.74, 6) is -3.06. The van der Waals surface area contributed by atoms with E-state index in [1.165, 1.54) is 10.3 Å². The average Bonchev–Trinajstić information content (AvgIpc) is 3.23. The van der Waals surface area contributed by atoms with Crippen LogP contribution >= 0.6 is 0 Å². The Hall–Kier alpha value is -3.99. The first-order valence-electron chi connectivity index (χ1n) is 10.5. The maximum atomic E-state index is 13.4. The van der Waals surface area contributed by atoms with Gasteiger partial charge in [-0.3, -0.25) is 4.68 Å². The van der Waals surface area contributed by atoms with Gasteiger partial charge in [-0.05, 0) is 54.8 Å². The molecule has 8 heteroatoms. The number of aromatic nitrogens is 2. The molecule has 1 aliphatic heterocycles. The standard InChI is InChI=1S/C25H22F3N5/c1-3-18-6-8-32(14-16(18)2)23-5-4-20(12-19(23)13-29)30-24-7-9-33(31-24)15-17-10-21(26)25(28)22(27)11-17/h4-12,14,18H,3,15H2,1-2H3,(H,30,31). The lowest BCUT2D eigenvalue weighted by Crippen LogP contribution is -2.16. The van der Waals surface area contributed by atoms with E-state index in [0.29, 0.717) is 23.0 Å². The van der Waals surface area contributed by atoms with Crippen LogP contribution in [-0.2, 0) is 6.54 Å². The van der Waals surface area contributed by atoms with Crippen molar-refractivity contribution in [1.82, 2.24) is 9.78 Å². The van der Waals surface area contributed by atoms with Gasteiger partial charge in [-0.1, -0.05) is 13.0 Å².